The molecule has 3 heteroatoms. The molecule has 1 aromatic heterocycles. The summed E-state index contributed by atoms with van der Waals surface area (Å²) in [6.07, 6.45) is 1.02. The molecule has 1 atom stereocenters. The fraction of sp³-hybridized carbons (Fsp3) is 0.556. The topological polar surface area (TPSA) is 51.8 Å². The first-order chi connectivity index (χ1) is 5.77. The van der Waals surface area contributed by atoms with Crippen LogP contribution in [0.15, 0.2) is 12.1 Å². The summed E-state index contributed by atoms with van der Waals surface area (Å²) in [5.41, 5.74) is 7.54. The first kappa shape index (κ1) is 9.13. The molecule has 0 aliphatic carbocycles. The van der Waals surface area contributed by atoms with E-state index in [1.165, 1.54) is 0 Å². The zero-order chi connectivity index (χ0) is 8.97. The van der Waals surface area contributed by atoms with E-state index in [1.807, 2.05) is 19.1 Å². The van der Waals surface area contributed by atoms with Gasteiger partial charge in [0.2, 0.25) is 0 Å². The molecule has 0 aromatic carbocycles. The van der Waals surface area contributed by atoms with Gasteiger partial charge in [0.05, 0.1) is 11.4 Å². The number of hydrogen-bond acceptors (Lipinski definition) is 3. The van der Waals surface area contributed by atoms with Crippen molar-refractivity contribution in [2.45, 2.75) is 26.2 Å². The molecule has 0 amide bonds. The highest BCUT2D eigenvalue weighted by Crippen LogP contribution is 2.14. The molecular formula is C9H15N3. The first-order valence-electron chi connectivity index (χ1n) is 4.28. The third kappa shape index (κ3) is 2.01. The molecule has 0 saturated heterocycles. The maximum Gasteiger partial charge on any atom is 0.0674 e. The van der Waals surface area contributed by atoms with Crippen LogP contribution in [0.4, 0.5) is 0 Å². The summed E-state index contributed by atoms with van der Waals surface area (Å²) in [6.45, 7) is 4.69. The monoisotopic (exact) mass is 165 g/mol. The second-order valence-corrected chi connectivity index (χ2v) is 2.94. The van der Waals surface area contributed by atoms with Crippen molar-refractivity contribution < 1.29 is 0 Å². The normalized spacial score (nSPS) is 12.9. The van der Waals surface area contributed by atoms with Gasteiger partial charge in [0, 0.05) is 12.5 Å². The van der Waals surface area contributed by atoms with Crippen LogP contribution in [0.25, 0.3) is 0 Å². The lowest BCUT2D eigenvalue weighted by Crippen LogP contribution is -2.13. The summed E-state index contributed by atoms with van der Waals surface area (Å²) < 4.78 is 0. The zero-order valence-electron chi connectivity index (χ0n) is 7.62. The molecule has 1 unspecified atom stereocenters. The van der Waals surface area contributed by atoms with Crippen LogP contribution in [0, 0.1) is 6.92 Å². The molecule has 3 nitrogen and oxygen atoms in total. The fourth-order valence-corrected chi connectivity index (χ4v) is 1.12. The lowest BCUT2D eigenvalue weighted by atomic mass is 10.0. The molecule has 1 heterocycles. The van der Waals surface area contributed by atoms with Gasteiger partial charge in [-0.1, -0.05) is 6.92 Å². The van der Waals surface area contributed by atoms with Crippen molar-refractivity contribution in [2.24, 2.45) is 5.73 Å². The highest BCUT2D eigenvalue weighted by atomic mass is 15.1. The van der Waals surface area contributed by atoms with Crippen LogP contribution >= 0.6 is 0 Å². The Labute approximate surface area is 73.0 Å². The summed E-state index contributed by atoms with van der Waals surface area (Å²) >= 11 is 0. The number of nitrogens with zero attached hydrogens (tertiary/aromatic N) is 2. The first-order valence-corrected chi connectivity index (χ1v) is 4.28. The highest BCUT2D eigenvalue weighted by Gasteiger charge is 2.07. The minimum atomic E-state index is 0.359. The SMILES string of the molecule is CCC(CN)c1ccc(C)nn1. The molecular weight excluding hydrogens is 150 g/mol. The Bertz CT molecular complexity index is 226. The summed E-state index contributed by atoms with van der Waals surface area (Å²) in [4.78, 5) is 0. The Kier molecular flexibility index (Phi) is 3.17. The molecule has 1 rings (SSSR count). The molecule has 12 heavy (non-hydrogen) atoms. The predicted molar refractivity (Wildman–Crippen MR) is 48.9 cm³/mol. The van der Waals surface area contributed by atoms with E-state index >= 15 is 0 Å². The number of nitrogens with two attached hydrogens (primary N) is 1. The van der Waals surface area contributed by atoms with Gasteiger partial charge in [0.1, 0.15) is 0 Å². The van der Waals surface area contributed by atoms with Gasteiger partial charge >= 0.3 is 0 Å². The largest absolute Gasteiger partial charge is 0.330 e. The zero-order valence-corrected chi connectivity index (χ0v) is 7.62. The molecule has 0 aliphatic heterocycles. The van der Waals surface area contributed by atoms with Crippen molar-refractivity contribution in [1.82, 2.24) is 10.2 Å². The smallest absolute Gasteiger partial charge is 0.0674 e. The number of hydrogen-bond donors (Lipinski definition) is 1. The third-order valence-electron chi connectivity index (χ3n) is 2.01. The van der Waals surface area contributed by atoms with Crippen LogP contribution in [0.5, 0.6) is 0 Å². The van der Waals surface area contributed by atoms with Crippen LogP contribution in [0.2, 0.25) is 0 Å². The summed E-state index contributed by atoms with van der Waals surface area (Å²) in [6, 6.07) is 3.98. The van der Waals surface area contributed by atoms with Crippen molar-refractivity contribution in [2.75, 3.05) is 6.54 Å². The van der Waals surface area contributed by atoms with E-state index in [9.17, 15) is 0 Å². The van der Waals surface area contributed by atoms with E-state index in [0.29, 0.717) is 12.5 Å². The predicted octanol–water partition coefficient (Wildman–Crippen LogP) is 1.24. The Morgan fingerprint density at radius 3 is 2.58 bits per heavy atom. The molecule has 0 bridgehead atoms. The lowest BCUT2D eigenvalue weighted by Gasteiger charge is -2.09. The van der Waals surface area contributed by atoms with Crippen molar-refractivity contribution in [3.8, 4) is 0 Å². The van der Waals surface area contributed by atoms with Crippen LogP contribution in [0.1, 0.15) is 30.7 Å². The van der Waals surface area contributed by atoms with Crippen LogP contribution in [-0.2, 0) is 0 Å². The maximum atomic E-state index is 5.59. The van der Waals surface area contributed by atoms with E-state index in [1.54, 1.807) is 0 Å². The van der Waals surface area contributed by atoms with E-state index in [-0.39, 0.29) is 0 Å². The van der Waals surface area contributed by atoms with Gasteiger partial charge in [0.25, 0.3) is 0 Å². The van der Waals surface area contributed by atoms with Gasteiger partial charge in [-0.05, 0) is 25.5 Å². The molecule has 0 radical (unpaired) electrons. The average Bonchev–Trinajstić information content (AvgIpc) is 2.10. The number of aryl methyl sites for hydroxylation is 1. The lowest BCUT2D eigenvalue weighted by molar-refractivity contribution is 0.640. The average molecular weight is 165 g/mol. The molecule has 0 spiro atoms. The van der Waals surface area contributed by atoms with Gasteiger partial charge in [-0.25, -0.2) is 0 Å². The van der Waals surface area contributed by atoms with Gasteiger partial charge in [-0.15, -0.1) is 0 Å². The minimum absolute atomic E-state index is 0.359. The molecule has 1 aromatic rings. The minimum Gasteiger partial charge on any atom is -0.330 e. The summed E-state index contributed by atoms with van der Waals surface area (Å²) in [7, 11) is 0. The Morgan fingerprint density at radius 2 is 2.17 bits per heavy atom. The van der Waals surface area contributed by atoms with Crippen LogP contribution in [-0.4, -0.2) is 16.7 Å². The van der Waals surface area contributed by atoms with Gasteiger partial charge in [0.15, 0.2) is 0 Å². The maximum absolute atomic E-state index is 5.59. The van der Waals surface area contributed by atoms with Crippen LogP contribution in [0.3, 0.4) is 0 Å². The van der Waals surface area contributed by atoms with Gasteiger partial charge < -0.3 is 5.73 Å². The molecule has 0 saturated carbocycles. The molecule has 2 N–H and O–H groups in total. The number of rotatable bonds is 3. The Balaban J connectivity index is 2.80. The highest BCUT2D eigenvalue weighted by molar-refractivity contribution is 5.10. The Hall–Kier alpha value is -0.960. The molecule has 0 fully saturated rings. The van der Waals surface area contributed by atoms with E-state index in [2.05, 4.69) is 17.1 Å². The van der Waals surface area contributed by atoms with Crippen LogP contribution < -0.4 is 5.73 Å². The quantitative estimate of drug-likeness (QED) is 0.733. The molecule has 0 aliphatic rings. The second kappa shape index (κ2) is 4.16. The van der Waals surface area contributed by atoms with Gasteiger partial charge in [-0.2, -0.15) is 10.2 Å². The standard InChI is InChI=1S/C9H15N3/c1-3-8(6-10)9-5-4-7(2)11-12-9/h4-5,8H,3,6,10H2,1-2H3. The number of aromatic nitrogens is 2. The van der Waals surface area contributed by atoms with E-state index < -0.39 is 0 Å². The molecule has 66 valence electrons. The van der Waals surface area contributed by atoms with Crippen molar-refractivity contribution in [1.29, 1.82) is 0 Å². The van der Waals surface area contributed by atoms with E-state index in [0.717, 1.165) is 17.8 Å². The van der Waals surface area contributed by atoms with E-state index in [4.69, 9.17) is 5.73 Å². The van der Waals surface area contributed by atoms with Crippen molar-refractivity contribution in [3.05, 3.63) is 23.5 Å². The summed E-state index contributed by atoms with van der Waals surface area (Å²) in [5, 5.41) is 8.08. The van der Waals surface area contributed by atoms with Gasteiger partial charge in [-0.3, -0.25) is 0 Å². The fourth-order valence-electron chi connectivity index (χ4n) is 1.12. The second-order valence-electron chi connectivity index (χ2n) is 2.94. The van der Waals surface area contributed by atoms with Crippen molar-refractivity contribution >= 4 is 0 Å². The van der Waals surface area contributed by atoms with Crippen molar-refractivity contribution in [3.63, 3.8) is 0 Å². The Morgan fingerprint density at radius 1 is 1.42 bits per heavy atom. The third-order valence-corrected chi connectivity index (χ3v) is 2.01. The summed E-state index contributed by atoms with van der Waals surface area (Å²) in [5.74, 6) is 0.359.